The van der Waals surface area contributed by atoms with Crippen molar-refractivity contribution in [2.24, 2.45) is 5.41 Å². The van der Waals surface area contributed by atoms with Crippen LogP contribution in [0, 0.1) is 5.41 Å². The average Bonchev–Trinajstić information content (AvgIpc) is 3.03. The Hall–Kier alpha value is -3.21. The standard InChI is InChI=1S/C19H10O5/c20-14-7-8-15(21)19(14)16(22)9-10-18(19)23-12-5-1-3-11-4-2-6-13(24-18)17(11)12/h1-10H. The van der Waals surface area contributed by atoms with E-state index in [1.165, 1.54) is 12.2 Å². The van der Waals surface area contributed by atoms with E-state index < -0.39 is 28.6 Å². The maximum atomic E-state index is 12.5. The molecule has 1 aliphatic heterocycles. The molecule has 116 valence electrons. The molecule has 0 saturated heterocycles. The summed E-state index contributed by atoms with van der Waals surface area (Å²) >= 11 is 0. The molecule has 0 fully saturated rings. The predicted molar refractivity (Wildman–Crippen MR) is 83.7 cm³/mol. The molecular formula is C19H10O5. The first-order chi connectivity index (χ1) is 11.6. The van der Waals surface area contributed by atoms with Gasteiger partial charge in [0.05, 0.1) is 5.39 Å². The van der Waals surface area contributed by atoms with Crippen molar-refractivity contribution in [2.45, 2.75) is 5.79 Å². The van der Waals surface area contributed by atoms with Crippen molar-refractivity contribution in [1.82, 2.24) is 0 Å². The number of allylic oxidation sites excluding steroid dienone is 3. The molecule has 24 heavy (non-hydrogen) atoms. The Labute approximate surface area is 136 Å². The van der Waals surface area contributed by atoms with E-state index in [2.05, 4.69) is 0 Å². The van der Waals surface area contributed by atoms with Gasteiger partial charge in [-0.15, -0.1) is 0 Å². The molecule has 0 unspecified atom stereocenters. The highest BCUT2D eigenvalue weighted by Gasteiger charge is 2.72. The first-order valence-electron chi connectivity index (χ1n) is 7.49. The second-order valence-corrected chi connectivity index (χ2v) is 5.99. The van der Waals surface area contributed by atoms with E-state index in [9.17, 15) is 14.4 Å². The Kier molecular flexibility index (Phi) is 2.21. The van der Waals surface area contributed by atoms with E-state index in [1.807, 2.05) is 24.3 Å². The summed E-state index contributed by atoms with van der Waals surface area (Å²) in [6.45, 7) is 0. The number of hydrogen-bond acceptors (Lipinski definition) is 5. The third-order valence-electron chi connectivity index (χ3n) is 4.82. The summed E-state index contributed by atoms with van der Waals surface area (Å²) < 4.78 is 12.0. The van der Waals surface area contributed by atoms with E-state index in [4.69, 9.17) is 9.47 Å². The van der Waals surface area contributed by atoms with Crippen molar-refractivity contribution >= 4 is 28.1 Å². The first-order valence-corrected chi connectivity index (χ1v) is 7.49. The normalized spacial score (nSPS) is 21.8. The predicted octanol–water partition coefficient (Wildman–Crippen LogP) is 2.14. The van der Waals surface area contributed by atoms with Crippen molar-refractivity contribution in [2.75, 3.05) is 0 Å². The van der Waals surface area contributed by atoms with Crippen molar-refractivity contribution in [3.63, 3.8) is 0 Å². The van der Waals surface area contributed by atoms with Crippen LogP contribution in [0.5, 0.6) is 11.5 Å². The highest BCUT2D eigenvalue weighted by atomic mass is 16.7. The second-order valence-electron chi connectivity index (χ2n) is 5.99. The lowest BCUT2D eigenvalue weighted by Crippen LogP contribution is -2.62. The molecule has 0 amide bonds. The molecule has 0 saturated carbocycles. The van der Waals surface area contributed by atoms with Crippen LogP contribution in [0.25, 0.3) is 10.8 Å². The number of hydrogen-bond donors (Lipinski definition) is 0. The van der Waals surface area contributed by atoms with Gasteiger partial charge in [0.2, 0.25) is 5.41 Å². The summed E-state index contributed by atoms with van der Waals surface area (Å²) in [5, 5.41) is 1.66. The Balaban J connectivity index is 1.79. The molecule has 1 heterocycles. The van der Waals surface area contributed by atoms with E-state index in [0.29, 0.717) is 11.5 Å². The molecule has 2 spiro atoms. The van der Waals surface area contributed by atoms with Gasteiger partial charge in [-0.05, 0) is 35.7 Å². The molecule has 2 aliphatic carbocycles. The van der Waals surface area contributed by atoms with Crippen molar-refractivity contribution < 1.29 is 23.9 Å². The number of carbonyl (C=O) groups excluding carboxylic acids is 3. The van der Waals surface area contributed by atoms with Crippen LogP contribution in [0.2, 0.25) is 0 Å². The zero-order valence-corrected chi connectivity index (χ0v) is 12.3. The van der Waals surface area contributed by atoms with Crippen LogP contribution in [0.4, 0.5) is 0 Å². The van der Waals surface area contributed by atoms with Crippen LogP contribution in [0.15, 0.2) is 60.7 Å². The topological polar surface area (TPSA) is 69.7 Å². The summed E-state index contributed by atoms with van der Waals surface area (Å²) in [4.78, 5) is 37.6. The van der Waals surface area contributed by atoms with Gasteiger partial charge in [0, 0.05) is 6.08 Å². The molecule has 5 nitrogen and oxygen atoms in total. The minimum atomic E-state index is -2.03. The molecule has 0 radical (unpaired) electrons. The van der Waals surface area contributed by atoms with Crippen LogP contribution in [-0.4, -0.2) is 23.1 Å². The SMILES string of the molecule is O=C1C=CC(=O)C12C(=O)C=CC21Oc2cccc3cccc(c23)O1. The maximum Gasteiger partial charge on any atom is 0.299 e. The lowest BCUT2D eigenvalue weighted by Gasteiger charge is -2.41. The fraction of sp³-hybridized carbons (Fsp3) is 0.105. The minimum Gasteiger partial charge on any atom is -0.446 e. The van der Waals surface area contributed by atoms with Gasteiger partial charge in [0.25, 0.3) is 5.79 Å². The Morgan fingerprint density at radius 2 is 1.25 bits per heavy atom. The third-order valence-corrected chi connectivity index (χ3v) is 4.82. The van der Waals surface area contributed by atoms with Gasteiger partial charge in [-0.3, -0.25) is 14.4 Å². The largest absolute Gasteiger partial charge is 0.446 e. The van der Waals surface area contributed by atoms with Crippen LogP contribution < -0.4 is 9.47 Å². The van der Waals surface area contributed by atoms with Gasteiger partial charge >= 0.3 is 0 Å². The van der Waals surface area contributed by atoms with Crippen molar-refractivity contribution in [3.8, 4) is 11.5 Å². The molecule has 5 heteroatoms. The monoisotopic (exact) mass is 318 g/mol. The van der Waals surface area contributed by atoms with E-state index in [1.54, 1.807) is 12.1 Å². The fourth-order valence-electron chi connectivity index (χ4n) is 3.73. The van der Waals surface area contributed by atoms with Gasteiger partial charge < -0.3 is 9.47 Å². The van der Waals surface area contributed by atoms with Crippen LogP contribution in [0.3, 0.4) is 0 Å². The van der Waals surface area contributed by atoms with Crippen molar-refractivity contribution in [3.05, 3.63) is 60.7 Å². The molecule has 2 aromatic rings. The fourth-order valence-corrected chi connectivity index (χ4v) is 3.73. The number of rotatable bonds is 0. The first kappa shape index (κ1) is 13.2. The Morgan fingerprint density at radius 3 is 1.83 bits per heavy atom. The highest BCUT2D eigenvalue weighted by Crippen LogP contribution is 2.52. The van der Waals surface area contributed by atoms with Gasteiger partial charge in [-0.1, -0.05) is 24.3 Å². The number of ether oxygens (including phenoxy) is 2. The number of carbonyl (C=O) groups is 3. The summed E-state index contributed by atoms with van der Waals surface area (Å²) in [5.41, 5.74) is -2.03. The molecule has 0 aromatic heterocycles. The number of ketones is 3. The molecule has 0 bridgehead atoms. The molecule has 5 rings (SSSR count). The zero-order valence-electron chi connectivity index (χ0n) is 12.3. The highest BCUT2D eigenvalue weighted by molar-refractivity contribution is 6.38. The summed E-state index contributed by atoms with van der Waals surface area (Å²) in [5.74, 6) is -2.69. The molecule has 3 aliphatic rings. The zero-order chi connectivity index (χ0) is 16.5. The third kappa shape index (κ3) is 1.26. The van der Waals surface area contributed by atoms with Crippen LogP contribution >= 0.6 is 0 Å². The van der Waals surface area contributed by atoms with E-state index >= 15 is 0 Å². The van der Waals surface area contributed by atoms with E-state index in [0.717, 1.165) is 22.9 Å². The molecular weight excluding hydrogens is 308 g/mol. The van der Waals surface area contributed by atoms with Gasteiger partial charge in [0.1, 0.15) is 11.5 Å². The lowest BCUT2D eigenvalue weighted by atomic mass is 9.75. The number of fused-ring (bicyclic) bond motifs is 1. The molecule has 2 aromatic carbocycles. The maximum absolute atomic E-state index is 12.5. The summed E-state index contributed by atoms with van der Waals surface area (Å²) in [6.07, 6.45) is 4.79. The molecule has 0 atom stereocenters. The van der Waals surface area contributed by atoms with Crippen molar-refractivity contribution in [1.29, 1.82) is 0 Å². The smallest absolute Gasteiger partial charge is 0.299 e. The Morgan fingerprint density at radius 1 is 0.708 bits per heavy atom. The second kappa shape index (κ2) is 4.00. The minimum absolute atomic E-state index is 0.473. The van der Waals surface area contributed by atoms with E-state index in [-0.39, 0.29) is 0 Å². The van der Waals surface area contributed by atoms with Crippen LogP contribution in [-0.2, 0) is 14.4 Å². The van der Waals surface area contributed by atoms with Gasteiger partial charge in [0.15, 0.2) is 17.3 Å². The van der Waals surface area contributed by atoms with Gasteiger partial charge in [-0.2, -0.15) is 0 Å². The summed E-state index contributed by atoms with van der Waals surface area (Å²) in [7, 11) is 0. The Bertz CT molecular complexity index is 955. The quantitative estimate of drug-likeness (QED) is 0.696. The average molecular weight is 318 g/mol. The summed E-state index contributed by atoms with van der Waals surface area (Å²) in [6, 6.07) is 10.9. The van der Waals surface area contributed by atoms with Gasteiger partial charge in [-0.25, -0.2) is 0 Å². The molecule has 0 N–H and O–H groups in total. The van der Waals surface area contributed by atoms with Crippen LogP contribution in [0.1, 0.15) is 0 Å². The lowest BCUT2D eigenvalue weighted by molar-refractivity contribution is -0.177. The number of benzene rings is 2.